The number of nitrogens with zero attached hydrogens (tertiary/aromatic N) is 3. The molecule has 2 aromatic carbocycles. The van der Waals surface area contributed by atoms with Crippen molar-refractivity contribution in [1.29, 1.82) is 0 Å². The van der Waals surface area contributed by atoms with E-state index in [1.807, 2.05) is 6.07 Å². The fourth-order valence-corrected chi connectivity index (χ4v) is 6.56. The summed E-state index contributed by atoms with van der Waals surface area (Å²) in [5.74, 6) is -1.89. The van der Waals surface area contributed by atoms with Crippen molar-refractivity contribution >= 4 is 23.6 Å². The van der Waals surface area contributed by atoms with Crippen molar-refractivity contribution in [2.45, 2.75) is 63.7 Å². The fraction of sp³-hybridized carbons (Fsp3) is 0.484. The molecule has 3 saturated heterocycles. The van der Waals surface area contributed by atoms with Gasteiger partial charge in [-0.05, 0) is 55.9 Å². The van der Waals surface area contributed by atoms with Gasteiger partial charge in [0.2, 0.25) is 11.8 Å². The largest absolute Gasteiger partial charge is 0.378 e. The highest BCUT2D eigenvalue weighted by molar-refractivity contribution is 6.24. The van der Waals surface area contributed by atoms with E-state index in [2.05, 4.69) is 53.2 Å². The molecule has 0 radical (unpaired) electrons. The minimum Gasteiger partial charge on any atom is -0.378 e. The summed E-state index contributed by atoms with van der Waals surface area (Å²) in [5.41, 5.74) is 4.05. The number of aryl methyl sites for hydroxylation is 2. The number of ether oxygens (including phenoxy) is 1. The molecule has 6 rings (SSSR count). The van der Waals surface area contributed by atoms with Crippen molar-refractivity contribution in [1.82, 2.24) is 20.0 Å². The van der Waals surface area contributed by atoms with E-state index in [0.29, 0.717) is 23.6 Å². The van der Waals surface area contributed by atoms with Gasteiger partial charge in [0.1, 0.15) is 6.04 Å². The summed E-state index contributed by atoms with van der Waals surface area (Å²) in [6.45, 7) is 10.2. The van der Waals surface area contributed by atoms with E-state index in [-0.39, 0.29) is 24.3 Å². The fourth-order valence-electron chi connectivity index (χ4n) is 6.56. The lowest BCUT2D eigenvalue weighted by molar-refractivity contribution is -0.136. The minimum atomic E-state index is -0.951. The molecule has 9 nitrogen and oxygen atoms in total. The highest BCUT2D eigenvalue weighted by atomic mass is 16.5. The maximum Gasteiger partial charge on any atom is 0.262 e. The van der Waals surface area contributed by atoms with Crippen LogP contribution in [0.1, 0.15) is 64.1 Å². The van der Waals surface area contributed by atoms with Crippen LogP contribution in [-0.2, 0) is 33.7 Å². The first-order chi connectivity index (χ1) is 19.2. The Bertz CT molecular complexity index is 1350. The van der Waals surface area contributed by atoms with Crippen molar-refractivity contribution in [3.63, 3.8) is 0 Å². The highest BCUT2D eigenvalue weighted by Gasteiger charge is 2.45. The molecule has 4 aliphatic heterocycles. The first-order valence-electron chi connectivity index (χ1n) is 14.2. The molecule has 9 heteroatoms. The first kappa shape index (κ1) is 26.8. The number of imide groups is 2. The average Bonchev–Trinajstić information content (AvgIpc) is 3.16. The van der Waals surface area contributed by atoms with Gasteiger partial charge in [-0.3, -0.25) is 39.2 Å². The van der Waals surface area contributed by atoms with Gasteiger partial charge in [0.25, 0.3) is 11.8 Å². The van der Waals surface area contributed by atoms with Crippen LogP contribution >= 0.6 is 0 Å². The summed E-state index contributed by atoms with van der Waals surface area (Å²) in [4.78, 5) is 56.4. The zero-order valence-corrected chi connectivity index (χ0v) is 23.2. The molecule has 0 spiro atoms. The molecule has 4 aliphatic rings. The van der Waals surface area contributed by atoms with Crippen LogP contribution in [0.4, 0.5) is 0 Å². The molecular formula is C31H36N4O5. The molecule has 40 heavy (non-hydrogen) atoms. The lowest BCUT2D eigenvalue weighted by Crippen LogP contribution is -2.67. The Hall–Kier alpha value is -3.40. The van der Waals surface area contributed by atoms with Crippen LogP contribution in [0.15, 0.2) is 42.5 Å². The maximum atomic E-state index is 13.3. The van der Waals surface area contributed by atoms with Crippen LogP contribution in [0, 0.1) is 0 Å². The second kappa shape index (κ2) is 10.5. The standard InChI is InChI=1S/C31H36N4O5/c1-31(2)19-40-15-14-34(31)23-17-33(18-23)16-21-8-6-20(7-9-21)10-11-22-4-3-5-24-27(22)30(39)35(29(24)38)25-12-13-26(36)32-28(25)37/h3-9,23,25H,10-19H2,1-2H3,(H,32,36,37). The second-order valence-corrected chi connectivity index (χ2v) is 12.0. The topological polar surface area (TPSA) is 99.3 Å². The summed E-state index contributed by atoms with van der Waals surface area (Å²) in [5, 5.41) is 2.25. The zero-order valence-electron chi connectivity index (χ0n) is 23.2. The third-order valence-corrected chi connectivity index (χ3v) is 8.75. The van der Waals surface area contributed by atoms with Crippen LogP contribution in [0.5, 0.6) is 0 Å². The predicted molar refractivity (Wildman–Crippen MR) is 148 cm³/mol. The molecule has 0 aliphatic carbocycles. The zero-order chi connectivity index (χ0) is 28.0. The highest BCUT2D eigenvalue weighted by Crippen LogP contribution is 2.31. The summed E-state index contributed by atoms with van der Waals surface area (Å²) in [6.07, 6.45) is 1.60. The van der Waals surface area contributed by atoms with E-state index in [0.717, 1.165) is 61.8 Å². The van der Waals surface area contributed by atoms with E-state index in [1.54, 1.807) is 12.1 Å². The summed E-state index contributed by atoms with van der Waals surface area (Å²) < 4.78 is 5.67. The summed E-state index contributed by atoms with van der Waals surface area (Å²) in [6, 6.07) is 13.6. The molecule has 4 amide bonds. The third-order valence-electron chi connectivity index (χ3n) is 8.75. The van der Waals surface area contributed by atoms with Crippen molar-refractivity contribution in [2.75, 3.05) is 32.8 Å². The molecule has 2 aromatic rings. The third kappa shape index (κ3) is 4.98. The lowest BCUT2D eigenvalue weighted by Gasteiger charge is -2.53. The van der Waals surface area contributed by atoms with Crippen LogP contribution in [0.2, 0.25) is 0 Å². The number of amides is 4. The Morgan fingerprint density at radius 3 is 2.42 bits per heavy atom. The molecule has 1 unspecified atom stereocenters. The Labute approximate surface area is 234 Å². The van der Waals surface area contributed by atoms with Crippen molar-refractivity contribution in [2.24, 2.45) is 0 Å². The second-order valence-electron chi connectivity index (χ2n) is 12.0. The number of rotatable bonds is 7. The summed E-state index contributed by atoms with van der Waals surface area (Å²) in [7, 11) is 0. The quantitative estimate of drug-likeness (QED) is 0.534. The number of fused-ring (bicyclic) bond motifs is 1. The van der Waals surface area contributed by atoms with Gasteiger partial charge in [0.05, 0.1) is 24.3 Å². The maximum absolute atomic E-state index is 13.3. The molecule has 0 aromatic heterocycles. The number of hydrogen-bond donors (Lipinski definition) is 1. The van der Waals surface area contributed by atoms with Gasteiger partial charge in [-0.15, -0.1) is 0 Å². The lowest BCUT2D eigenvalue weighted by atomic mass is 9.95. The Kier molecular flexibility index (Phi) is 7.06. The van der Waals surface area contributed by atoms with Crippen molar-refractivity contribution in [3.05, 3.63) is 70.3 Å². The molecule has 0 bridgehead atoms. The number of likely N-dealkylation sites (tertiary alicyclic amines) is 1. The molecule has 3 fully saturated rings. The van der Waals surface area contributed by atoms with E-state index < -0.39 is 23.8 Å². The van der Waals surface area contributed by atoms with Crippen molar-refractivity contribution in [3.8, 4) is 0 Å². The number of carbonyl (C=O) groups excluding carboxylic acids is 4. The van der Waals surface area contributed by atoms with Crippen LogP contribution < -0.4 is 5.32 Å². The number of hydrogen-bond acceptors (Lipinski definition) is 7. The van der Waals surface area contributed by atoms with E-state index >= 15 is 0 Å². The molecule has 0 saturated carbocycles. The molecular weight excluding hydrogens is 508 g/mol. The normalized spacial score (nSPS) is 23.8. The van der Waals surface area contributed by atoms with Gasteiger partial charge in [-0.1, -0.05) is 36.4 Å². The molecule has 4 heterocycles. The van der Waals surface area contributed by atoms with Crippen LogP contribution in [0.3, 0.4) is 0 Å². The van der Waals surface area contributed by atoms with Crippen LogP contribution in [0.25, 0.3) is 0 Å². The molecule has 210 valence electrons. The van der Waals surface area contributed by atoms with Gasteiger partial charge < -0.3 is 4.74 Å². The van der Waals surface area contributed by atoms with Crippen molar-refractivity contribution < 1.29 is 23.9 Å². The van der Waals surface area contributed by atoms with E-state index in [4.69, 9.17) is 4.74 Å². The van der Waals surface area contributed by atoms with Gasteiger partial charge in [-0.25, -0.2) is 0 Å². The Morgan fingerprint density at radius 1 is 0.950 bits per heavy atom. The first-order valence-corrected chi connectivity index (χ1v) is 14.2. The van der Waals surface area contributed by atoms with Crippen LogP contribution in [-0.4, -0.2) is 88.8 Å². The Balaban J connectivity index is 1.05. The number of benzene rings is 2. The van der Waals surface area contributed by atoms with E-state index in [1.165, 1.54) is 5.56 Å². The van der Waals surface area contributed by atoms with Gasteiger partial charge in [0, 0.05) is 44.2 Å². The summed E-state index contributed by atoms with van der Waals surface area (Å²) >= 11 is 0. The van der Waals surface area contributed by atoms with E-state index in [9.17, 15) is 19.2 Å². The number of piperidine rings is 1. The van der Waals surface area contributed by atoms with Gasteiger partial charge in [0.15, 0.2) is 0 Å². The van der Waals surface area contributed by atoms with Gasteiger partial charge >= 0.3 is 0 Å². The number of carbonyl (C=O) groups is 4. The number of nitrogens with one attached hydrogen (secondary N) is 1. The molecule has 1 N–H and O–H groups in total. The smallest absolute Gasteiger partial charge is 0.262 e. The SMILES string of the molecule is CC1(C)COCCN1C1CN(Cc2ccc(CCc3cccc4c3C(=O)N(C3CCC(=O)NC3=O)C4=O)cc2)C1. The number of morpholine rings is 1. The molecule has 1 atom stereocenters. The monoisotopic (exact) mass is 544 g/mol. The average molecular weight is 545 g/mol. The Morgan fingerprint density at radius 2 is 1.70 bits per heavy atom. The minimum absolute atomic E-state index is 0.0939. The predicted octanol–water partition coefficient (Wildman–Crippen LogP) is 2.17. The van der Waals surface area contributed by atoms with Gasteiger partial charge in [-0.2, -0.15) is 0 Å².